The van der Waals surface area contributed by atoms with E-state index in [9.17, 15) is 4.79 Å². The zero-order valence-electron chi connectivity index (χ0n) is 8.31. The van der Waals surface area contributed by atoms with Crippen molar-refractivity contribution in [3.05, 3.63) is 42.2 Å². The summed E-state index contributed by atoms with van der Waals surface area (Å²) in [6.07, 6.45) is 4.66. The molecule has 2 rings (SSSR count). The molecule has 2 N–H and O–H groups in total. The summed E-state index contributed by atoms with van der Waals surface area (Å²) >= 11 is 0. The van der Waals surface area contributed by atoms with Crippen LogP contribution in [0.25, 0.3) is 10.8 Å². The molecule has 0 aliphatic carbocycles. The second-order valence-corrected chi connectivity index (χ2v) is 3.48. The first kappa shape index (κ1) is 9.65. The van der Waals surface area contributed by atoms with Gasteiger partial charge in [0.1, 0.15) is 0 Å². The number of nitrogens with two attached hydrogens (primary N) is 1. The van der Waals surface area contributed by atoms with Crippen LogP contribution in [-0.4, -0.2) is 10.9 Å². The number of rotatable bonds is 3. The van der Waals surface area contributed by atoms with Gasteiger partial charge < -0.3 is 5.73 Å². The number of pyridine rings is 1. The second kappa shape index (κ2) is 4.09. The van der Waals surface area contributed by atoms with E-state index in [1.54, 1.807) is 6.20 Å². The molecule has 0 spiro atoms. The number of aromatic nitrogens is 1. The summed E-state index contributed by atoms with van der Waals surface area (Å²) in [5.74, 6) is -0.263. The molecule has 1 amide bonds. The van der Waals surface area contributed by atoms with Gasteiger partial charge in [-0.25, -0.2) is 0 Å². The fourth-order valence-electron chi connectivity index (χ4n) is 1.67. The highest BCUT2D eigenvalue weighted by molar-refractivity contribution is 5.85. The molecule has 0 aliphatic heterocycles. The van der Waals surface area contributed by atoms with Crippen molar-refractivity contribution >= 4 is 16.7 Å². The second-order valence-electron chi connectivity index (χ2n) is 3.48. The van der Waals surface area contributed by atoms with Crippen molar-refractivity contribution in [3.63, 3.8) is 0 Å². The molecule has 1 aromatic heterocycles. The maximum Gasteiger partial charge on any atom is 0.217 e. The summed E-state index contributed by atoms with van der Waals surface area (Å²) in [6, 6.07) is 7.97. The average Bonchev–Trinajstić information content (AvgIpc) is 2.26. The van der Waals surface area contributed by atoms with E-state index in [1.165, 1.54) is 0 Å². The molecule has 0 saturated carbocycles. The first-order valence-corrected chi connectivity index (χ1v) is 4.87. The number of hydrogen-bond donors (Lipinski definition) is 1. The minimum absolute atomic E-state index is 0.263. The molecule has 15 heavy (non-hydrogen) atoms. The fraction of sp³-hybridized carbons (Fsp3) is 0.167. The molecule has 3 heteroatoms. The molecule has 0 bridgehead atoms. The van der Waals surface area contributed by atoms with Gasteiger partial charge in [0.2, 0.25) is 5.91 Å². The van der Waals surface area contributed by atoms with Crippen molar-refractivity contribution in [1.82, 2.24) is 4.98 Å². The maximum atomic E-state index is 10.7. The summed E-state index contributed by atoms with van der Waals surface area (Å²) in [5.41, 5.74) is 6.28. The molecule has 3 nitrogen and oxygen atoms in total. The van der Waals surface area contributed by atoms with Crippen molar-refractivity contribution in [2.75, 3.05) is 0 Å². The summed E-state index contributed by atoms with van der Waals surface area (Å²) in [6.45, 7) is 0. The zero-order chi connectivity index (χ0) is 10.7. The lowest BCUT2D eigenvalue weighted by Gasteiger charge is -2.04. The Bertz CT molecular complexity index is 488. The molecule has 2 aromatic rings. The molecule has 0 saturated heterocycles. The fourth-order valence-corrected chi connectivity index (χ4v) is 1.67. The molecular weight excluding hydrogens is 188 g/mol. The first-order chi connectivity index (χ1) is 7.27. The Morgan fingerprint density at radius 1 is 1.33 bits per heavy atom. The van der Waals surface area contributed by atoms with E-state index in [0.717, 1.165) is 16.3 Å². The minimum atomic E-state index is -0.263. The number of carbonyl (C=O) groups is 1. The van der Waals surface area contributed by atoms with E-state index < -0.39 is 0 Å². The maximum absolute atomic E-state index is 10.7. The molecule has 0 atom stereocenters. The standard InChI is InChI=1S/C12H12N2O/c13-12(15)5-4-9-2-1-3-10-8-14-7-6-11(9)10/h1-3,6-8H,4-5H2,(H2,13,15). The molecule has 0 fully saturated rings. The van der Waals surface area contributed by atoms with Gasteiger partial charge in [-0.1, -0.05) is 18.2 Å². The zero-order valence-corrected chi connectivity index (χ0v) is 8.31. The molecule has 0 unspecified atom stereocenters. The van der Waals surface area contributed by atoms with Crippen LogP contribution in [-0.2, 0) is 11.2 Å². The van der Waals surface area contributed by atoms with Crippen LogP contribution < -0.4 is 5.73 Å². The van der Waals surface area contributed by atoms with Crippen LogP contribution in [0.4, 0.5) is 0 Å². The number of hydrogen-bond acceptors (Lipinski definition) is 2. The quantitative estimate of drug-likeness (QED) is 0.819. The minimum Gasteiger partial charge on any atom is -0.370 e. The predicted octanol–water partition coefficient (Wildman–Crippen LogP) is 1.65. The van der Waals surface area contributed by atoms with Gasteiger partial charge in [-0.2, -0.15) is 0 Å². The van der Waals surface area contributed by atoms with E-state index in [-0.39, 0.29) is 5.91 Å². The molecular formula is C12H12N2O. The normalized spacial score (nSPS) is 10.4. The van der Waals surface area contributed by atoms with Crippen molar-refractivity contribution < 1.29 is 4.79 Å². The number of aryl methyl sites for hydroxylation is 1. The van der Waals surface area contributed by atoms with Crippen LogP contribution in [0.1, 0.15) is 12.0 Å². The van der Waals surface area contributed by atoms with Crippen LogP contribution in [0, 0.1) is 0 Å². The molecule has 0 aliphatic rings. The van der Waals surface area contributed by atoms with Gasteiger partial charge in [0, 0.05) is 24.2 Å². The Morgan fingerprint density at radius 3 is 3.00 bits per heavy atom. The third kappa shape index (κ3) is 2.13. The van der Waals surface area contributed by atoms with Crippen molar-refractivity contribution in [3.8, 4) is 0 Å². The monoisotopic (exact) mass is 200 g/mol. The summed E-state index contributed by atoms with van der Waals surface area (Å²) in [7, 11) is 0. The lowest BCUT2D eigenvalue weighted by molar-refractivity contribution is -0.117. The molecule has 1 heterocycles. The van der Waals surface area contributed by atoms with Gasteiger partial charge in [0.05, 0.1) is 0 Å². The van der Waals surface area contributed by atoms with E-state index in [4.69, 9.17) is 5.73 Å². The molecule has 0 radical (unpaired) electrons. The highest BCUT2D eigenvalue weighted by Gasteiger charge is 2.02. The Labute approximate surface area is 87.9 Å². The number of benzene rings is 1. The van der Waals surface area contributed by atoms with Gasteiger partial charge in [0.25, 0.3) is 0 Å². The SMILES string of the molecule is NC(=O)CCc1cccc2cnccc12. The molecule has 76 valence electrons. The lowest BCUT2D eigenvalue weighted by atomic mass is 10.0. The van der Waals surface area contributed by atoms with Crippen LogP contribution in [0.3, 0.4) is 0 Å². The summed E-state index contributed by atoms with van der Waals surface area (Å²) < 4.78 is 0. The lowest BCUT2D eigenvalue weighted by Crippen LogP contribution is -2.11. The summed E-state index contributed by atoms with van der Waals surface area (Å²) in [4.78, 5) is 14.8. The third-order valence-corrected chi connectivity index (χ3v) is 2.41. The van der Waals surface area contributed by atoms with E-state index in [1.807, 2.05) is 30.5 Å². The number of carbonyl (C=O) groups excluding carboxylic acids is 1. The van der Waals surface area contributed by atoms with Gasteiger partial charge in [0.15, 0.2) is 0 Å². The van der Waals surface area contributed by atoms with Gasteiger partial charge in [-0.3, -0.25) is 9.78 Å². The van der Waals surface area contributed by atoms with E-state index in [0.29, 0.717) is 12.8 Å². The van der Waals surface area contributed by atoms with Crippen molar-refractivity contribution in [1.29, 1.82) is 0 Å². The Balaban J connectivity index is 2.38. The van der Waals surface area contributed by atoms with Crippen LogP contribution in [0.2, 0.25) is 0 Å². The number of fused-ring (bicyclic) bond motifs is 1. The van der Waals surface area contributed by atoms with Crippen LogP contribution >= 0.6 is 0 Å². The largest absolute Gasteiger partial charge is 0.370 e. The predicted molar refractivity (Wildman–Crippen MR) is 59.3 cm³/mol. The van der Waals surface area contributed by atoms with Crippen LogP contribution in [0.5, 0.6) is 0 Å². The Hall–Kier alpha value is -1.90. The van der Waals surface area contributed by atoms with E-state index in [2.05, 4.69) is 4.98 Å². The van der Waals surface area contributed by atoms with Crippen LogP contribution in [0.15, 0.2) is 36.7 Å². The summed E-state index contributed by atoms with van der Waals surface area (Å²) in [5, 5.41) is 2.24. The topological polar surface area (TPSA) is 56.0 Å². The number of amides is 1. The number of primary amides is 1. The van der Waals surface area contributed by atoms with Crippen molar-refractivity contribution in [2.24, 2.45) is 5.73 Å². The van der Waals surface area contributed by atoms with Crippen molar-refractivity contribution in [2.45, 2.75) is 12.8 Å². The van der Waals surface area contributed by atoms with Gasteiger partial charge in [-0.15, -0.1) is 0 Å². The van der Waals surface area contributed by atoms with E-state index >= 15 is 0 Å². The molecule has 1 aromatic carbocycles. The van der Waals surface area contributed by atoms with Gasteiger partial charge >= 0.3 is 0 Å². The number of nitrogens with zero attached hydrogens (tertiary/aromatic N) is 1. The first-order valence-electron chi connectivity index (χ1n) is 4.87. The third-order valence-electron chi connectivity index (χ3n) is 2.41. The highest BCUT2D eigenvalue weighted by atomic mass is 16.1. The average molecular weight is 200 g/mol. The Morgan fingerprint density at radius 2 is 2.20 bits per heavy atom. The smallest absolute Gasteiger partial charge is 0.217 e. The van der Waals surface area contributed by atoms with Gasteiger partial charge in [-0.05, 0) is 23.4 Å². The highest BCUT2D eigenvalue weighted by Crippen LogP contribution is 2.18. The Kier molecular flexibility index (Phi) is 2.63.